The average molecular weight is 280 g/mol. The van der Waals surface area contributed by atoms with Gasteiger partial charge in [0.2, 0.25) is 0 Å². The summed E-state index contributed by atoms with van der Waals surface area (Å²) in [6, 6.07) is 14.2. The van der Waals surface area contributed by atoms with E-state index in [9.17, 15) is 4.79 Å². The fourth-order valence-corrected chi connectivity index (χ4v) is 3.32. The van der Waals surface area contributed by atoms with Crippen LogP contribution in [-0.4, -0.2) is 5.78 Å². The molecule has 1 nitrogen and oxygen atoms in total. The number of Topliss-reactive ketones (excluding diaryl/α,β-unsaturated/α-hetero) is 1. The van der Waals surface area contributed by atoms with Crippen LogP contribution in [0.25, 0.3) is 10.1 Å². The summed E-state index contributed by atoms with van der Waals surface area (Å²) in [4.78, 5) is 12.4. The van der Waals surface area contributed by atoms with Gasteiger partial charge in [0.1, 0.15) is 0 Å². The number of fused-ring (bicyclic) bond motifs is 1. The maximum Gasteiger partial charge on any atom is 0.167 e. The molecule has 0 fully saturated rings. The first-order chi connectivity index (χ1) is 9.65. The molecule has 0 unspecified atom stereocenters. The van der Waals surface area contributed by atoms with Gasteiger partial charge in [-0.2, -0.15) is 0 Å². The van der Waals surface area contributed by atoms with Gasteiger partial charge in [0.15, 0.2) is 5.78 Å². The molecule has 20 heavy (non-hydrogen) atoms. The largest absolute Gasteiger partial charge is 0.294 e. The van der Waals surface area contributed by atoms with Crippen LogP contribution in [0.2, 0.25) is 0 Å². The van der Waals surface area contributed by atoms with Gasteiger partial charge in [0, 0.05) is 16.7 Å². The van der Waals surface area contributed by atoms with E-state index in [4.69, 9.17) is 0 Å². The van der Waals surface area contributed by atoms with E-state index < -0.39 is 0 Å². The van der Waals surface area contributed by atoms with Crippen molar-refractivity contribution in [3.8, 4) is 0 Å². The van der Waals surface area contributed by atoms with E-state index in [0.29, 0.717) is 6.42 Å². The first kappa shape index (κ1) is 13.1. The van der Waals surface area contributed by atoms with Crippen LogP contribution in [0.3, 0.4) is 0 Å². The smallest absolute Gasteiger partial charge is 0.167 e. The number of carbonyl (C=O) groups is 1. The zero-order chi connectivity index (χ0) is 14.1. The molecule has 0 radical (unpaired) electrons. The lowest BCUT2D eigenvalue weighted by atomic mass is 9.99. The van der Waals surface area contributed by atoms with E-state index in [1.807, 2.05) is 37.3 Å². The first-order valence-electron chi connectivity index (χ1n) is 6.71. The number of benzene rings is 2. The monoisotopic (exact) mass is 280 g/mol. The van der Waals surface area contributed by atoms with Gasteiger partial charge in [0.05, 0.1) is 0 Å². The molecule has 0 aliphatic heterocycles. The van der Waals surface area contributed by atoms with Gasteiger partial charge in [-0.25, -0.2) is 0 Å². The van der Waals surface area contributed by atoms with Crippen LogP contribution in [0.5, 0.6) is 0 Å². The van der Waals surface area contributed by atoms with E-state index in [1.54, 1.807) is 11.3 Å². The summed E-state index contributed by atoms with van der Waals surface area (Å²) in [6.07, 6.45) is 0.479. The molecule has 2 heteroatoms. The predicted molar refractivity (Wildman–Crippen MR) is 85.8 cm³/mol. The van der Waals surface area contributed by atoms with Gasteiger partial charge in [-0.05, 0) is 53.4 Å². The Labute approximate surface area is 122 Å². The van der Waals surface area contributed by atoms with Gasteiger partial charge in [-0.1, -0.05) is 30.3 Å². The average Bonchev–Trinajstić information content (AvgIpc) is 2.85. The van der Waals surface area contributed by atoms with E-state index in [-0.39, 0.29) is 5.78 Å². The SMILES string of the molecule is Cc1ccc(C(=O)Cc2csc3ccccc23)cc1C. The molecule has 0 aliphatic carbocycles. The molecule has 2 aromatic carbocycles. The summed E-state index contributed by atoms with van der Waals surface area (Å²) < 4.78 is 1.25. The minimum absolute atomic E-state index is 0.191. The highest BCUT2D eigenvalue weighted by atomic mass is 32.1. The molecule has 100 valence electrons. The Morgan fingerprint density at radius 2 is 1.85 bits per heavy atom. The van der Waals surface area contributed by atoms with E-state index in [2.05, 4.69) is 24.4 Å². The third kappa shape index (κ3) is 2.39. The molecule has 0 atom stereocenters. The number of aryl methyl sites for hydroxylation is 2. The molecule has 0 bridgehead atoms. The zero-order valence-electron chi connectivity index (χ0n) is 11.6. The zero-order valence-corrected chi connectivity index (χ0v) is 12.5. The molecule has 0 saturated heterocycles. The summed E-state index contributed by atoms with van der Waals surface area (Å²) in [5.41, 5.74) is 4.34. The molecule has 0 saturated carbocycles. The van der Waals surface area contributed by atoms with Crippen molar-refractivity contribution >= 4 is 27.2 Å². The Morgan fingerprint density at radius 1 is 1.05 bits per heavy atom. The highest BCUT2D eigenvalue weighted by Gasteiger charge is 2.11. The molecule has 0 aliphatic rings. The molecule has 0 spiro atoms. The van der Waals surface area contributed by atoms with Gasteiger partial charge in [-0.15, -0.1) is 11.3 Å². The molecular formula is C18H16OS. The van der Waals surface area contributed by atoms with Gasteiger partial charge in [0.25, 0.3) is 0 Å². The van der Waals surface area contributed by atoms with Crippen LogP contribution >= 0.6 is 11.3 Å². The minimum Gasteiger partial charge on any atom is -0.294 e. The Bertz CT molecular complexity index is 783. The molecule has 1 heterocycles. The maximum atomic E-state index is 12.4. The van der Waals surface area contributed by atoms with E-state index in [1.165, 1.54) is 21.2 Å². The highest BCUT2D eigenvalue weighted by molar-refractivity contribution is 7.17. The minimum atomic E-state index is 0.191. The van der Waals surface area contributed by atoms with Crippen molar-refractivity contribution in [2.45, 2.75) is 20.3 Å². The topological polar surface area (TPSA) is 17.1 Å². The van der Waals surface area contributed by atoms with E-state index >= 15 is 0 Å². The predicted octanol–water partition coefficient (Wildman–Crippen LogP) is 4.94. The van der Waals surface area contributed by atoms with Crippen molar-refractivity contribution in [2.75, 3.05) is 0 Å². The van der Waals surface area contributed by atoms with Crippen LogP contribution in [0, 0.1) is 13.8 Å². The fraction of sp³-hybridized carbons (Fsp3) is 0.167. The Balaban J connectivity index is 1.90. The molecule has 0 N–H and O–H groups in total. The standard InChI is InChI=1S/C18H16OS/c1-12-7-8-14(9-13(12)2)17(19)10-15-11-20-18-6-4-3-5-16(15)18/h3-9,11H,10H2,1-2H3. The maximum absolute atomic E-state index is 12.4. The lowest BCUT2D eigenvalue weighted by molar-refractivity contribution is 0.0993. The highest BCUT2D eigenvalue weighted by Crippen LogP contribution is 2.26. The number of thiophene rings is 1. The van der Waals surface area contributed by atoms with Crippen LogP contribution in [0.1, 0.15) is 27.0 Å². The molecular weight excluding hydrogens is 264 g/mol. The van der Waals surface area contributed by atoms with Gasteiger partial charge >= 0.3 is 0 Å². The summed E-state index contributed by atoms with van der Waals surface area (Å²) >= 11 is 1.70. The molecule has 1 aromatic heterocycles. The lowest BCUT2D eigenvalue weighted by Crippen LogP contribution is -2.03. The van der Waals surface area contributed by atoms with Gasteiger partial charge < -0.3 is 0 Å². The van der Waals surface area contributed by atoms with Crippen molar-refractivity contribution in [1.29, 1.82) is 0 Å². The lowest BCUT2D eigenvalue weighted by Gasteiger charge is -2.04. The normalized spacial score (nSPS) is 10.9. The number of carbonyl (C=O) groups excluding carboxylic acids is 1. The van der Waals surface area contributed by atoms with Crippen molar-refractivity contribution < 1.29 is 4.79 Å². The molecule has 0 amide bonds. The van der Waals surface area contributed by atoms with Crippen molar-refractivity contribution in [1.82, 2.24) is 0 Å². The number of hydrogen-bond acceptors (Lipinski definition) is 2. The van der Waals surface area contributed by atoms with Crippen molar-refractivity contribution in [3.05, 3.63) is 70.1 Å². The third-order valence-electron chi connectivity index (χ3n) is 3.74. The summed E-state index contributed by atoms with van der Waals surface area (Å²) in [7, 11) is 0. The Hall–Kier alpha value is -1.93. The number of rotatable bonds is 3. The second kappa shape index (κ2) is 5.22. The summed E-state index contributed by atoms with van der Waals surface area (Å²) in [5, 5.41) is 3.30. The van der Waals surface area contributed by atoms with Crippen LogP contribution in [-0.2, 0) is 6.42 Å². The molecule has 3 rings (SSSR count). The second-order valence-electron chi connectivity index (χ2n) is 5.16. The van der Waals surface area contributed by atoms with Crippen LogP contribution in [0.4, 0.5) is 0 Å². The van der Waals surface area contributed by atoms with E-state index in [0.717, 1.165) is 11.1 Å². The molecule has 3 aromatic rings. The number of hydrogen-bond donors (Lipinski definition) is 0. The Morgan fingerprint density at radius 3 is 2.65 bits per heavy atom. The quantitative estimate of drug-likeness (QED) is 0.621. The van der Waals surface area contributed by atoms with Crippen LogP contribution < -0.4 is 0 Å². The Kier molecular flexibility index (Phi) is 3.41. The summed E-state index contributed by atoms with van der Waals surface area (Å²) in [5.74, 6) is 0.191. The summed E-state index contributed by atoms with van der Waals surface area (Å²) in [6.45, 7) is 4.11. The van der Waals surface area contributed by atoms with Crippen molar-refractivity contribution in [3.63, 3.8) is 0 Å². The third-order valence-corrected chi connectivity index (χ3v) is 4.75. The van der Waals surface area contributed by atoms with Gasteiger partial charge in [-0.3, -0.25) is 4.79 Å². The second-order valence-corrected chi connectivity index (χ2v) is 6.07. The van der Waals surface area contributed by atoms with Crippen molar-refractivity contribution in [2.24, 2.45) is 0 Å². The first-order valence-corrected chi connectivity index (χ1v) is 7.58. The number of ketones is 1. The fourth-order valence-electron chi connectivity index (χ4n) is 2.36. The van der Waals surface area contributed by atoms with Crippen LogP contribution in [0.15, 0.2) is 47.8 Å².